The normalized spacial score (nSPS) is 11.5. The molecule has 0 unspecified atom stereocenters. The van der Waals surface area contributed by atoms with Gasteiger partial charge in [0.25, 0.3) is 0 Å². The topological polar surface area (TPSA) is 72.2 Å². The predicted octanol–water partition coefficient (Wildman–Crippen LogP) is 6.40. The van der Waals surface area contributed by atoms with Crippen molar-refractivity contribution in [3.05, 3.63) is 94.0 Å². The molecule has 3 aromatic carbocycles. The van der Waals surface area contributed by atoms with Crippen LogP contribution in [-0.4, -0.2) is 13.4 Å². The first kappa shape index (κ1) is 21.4. The minimum atomic E-state index is -3.94. The summed E-state index contributed by atoms with van der Waals surface area (Å²) in [6, 6.07) is 20.7. The van der Waals surface area contributed by atoms with E-state index >= 15 is 0 Å². The lowest BCUT2D eigenvalue weighted by molar-refractivity contribution is 0.576. The molecule has 4 aromatic rings. The number of nitrogens with one attached hydrogen (secondary N) is 1. The van der Waals surface area contributed by atoms with Crippen LogP contribution in [0.2, 0.25) is 10.0 Å². The van der Waals surface area contributed by atoms with Gasteiger partial charge in [-0.2, -0.15) is 4.98 Å². The zero-order valence-electron chi connectivity index (χ0n) is 16.5. The molecule has 31 heavy (non-hydrogen) atoms. The highest BCUT2D eigenvalue weighted by molar-refractivity contribution is 7.91. The molecule has 0 aliphatic carbocycles. The fourth-order valence-corrected chi connectivity index (χ4v) is 4.57. The fraction of sp³-hybridized carbons (Fsp3) is 0.0870. The van der Waals surface area contributed by atoms with Crippen LogP contribution in [0.15, 0.2) is 87.1 Å². The molecular weight excluding hydrogens is 455 g/mol. The summed E-state index contributed by atoms with van der Waals surface area (Å²) in [6.07, 6.45) is 0. The summed E-state index contributed by atoms with van der Waals surface area (Å²) >= 11 is 11.9. The quantitative estimate of drug-likeness (QED) is 0.351. The Labute approximate surface area is 190 Å². The molecule has 1 aromatic heterocycles. The average molecular weight is 473 g/mol. The zero-order chi connectivity index (χ0) is 22.0. The van der Waals surface area contributed by atoms with Crippen molar-refractivity contribution in [3.8, 4) is 11.5 Å². The molecule has 0 radical (unpaired) electrons. The van der Waals surface area contributed by atoms with E-state index in [-0.39, 0.29) is 21.7 Å². The molecule has 4 rings (SSSR count). The Morgan fingerprint density at radius 2 is 1.52 bits per heavy atom. The van der Waals surface area contributed by atoms with E-state index in [9.17, 15) is 8.42 Å². The first-order chi connectivity index (χ1) is 14.8. The number of benzene rings is 3. The van der Waals surface area contributed by atoms with Crippen LogP contribution in [0.4, 0.5) is 5.88 Å². The molecule has 0 saturated carbocycles. The smallest absolute Gasteiger partial charge is 0.234 e. The van der Waals surface area contributed by atoms with Crippen LogP contribution in [-0.2, 0) is 16.4 Å². The lowest BCUT2D eigenvalue weighted by Crippen LogP contribution is -2.07. The zero-order valence-corrected chi connectivity index (χ0v) is 18.8. The standard InChI is InChI=1S/C23H18Cl2N2O3S/c1-15-4-2-3-5-20(15)21-27-23(31(28,29)19-12-10-18(25)11-13-19)22(30-21)26-14-16-6-8-17(24)9-7-16/h2-13,26H,14H2,1H3. The van der Waals surface area contributed by atoms with E-state index in [2.05, 4.69) is 10.3 Å². The Balaban J connectivity index is 1.77. The molecule has 0 amide bonds. The number of aryl methyl sites for hydroxylation is 1. The van der Waals surface area contributed by atoms with E-state index in [0.29, 0.717) is 16.6 Å². The van der Waals surface area contributed by atoms with Crippen LogP contribution >= 0.6 is 23.2 Å². The van der Waals surface area contributed by atoms with Crippen LogP contribution in [0, 0.1) is 6.92 Å². The van der Waals surface area contributed by atoms with Crippen molar-refractivity contribution in [1.29, 1.82) is 0 Å². The summed E-state index contributed by atoms with van der Waals surface area (Å²) in [7, 11) is -3.94. The van der Waals surface area contributed by atoms with E-state index in [0.717, 1.165) is 16.7 Å². The molecule has 158 valence electrons. The second-order valence-electron chi connectivity index (χ2n) is 6.91. The van der Waals surface area contributed by atoms with E-state index in [1.807, 2.05) is 43.3 Å². The number of oxazole rings is 1. The Hall–Kier alpha value is -2.80. The maximum atomic E-state index is 13.3. The summed E-state index contributed by atoms with van der Waals surface area (Å²) in [5.41, 5.74) is 2.55. The Morgan fingerprint density at radius 3 is 2.16 bits per heavy atom. The maximum Gasteiger partial charge on any atom is 0.234 e. The molecule has 0 bridgehead atoms. The molecule has 1 N–H and O–H groups in total. The largest absolute Gasteiger partial charge is 0.419 e. The molecule has 0 atom stereocenters. The van der Waals surface area contributed by atoms with Gasteiger partial charge in [0.05, 0.1) is 4.90 Å². The first-order valence-electron chi connectivity index (χ1n) is 9.40. The SMILES string of the molecule is Cc1ccccc1-c1nc(S(=O)(=O)c2ccc(Cl)cc2)c(NCc2ccc(Cl)cc2)o1. The Kier molecular flexibility index (Phi) is 6.05. The van der Waals surface area contributed by atoms with E-state index in [1.54, 1.807) is 12.1 Å². The molecular formula is C23H18Cl2N2O3S. The highest BCUT2D eigenvalue weighted by Crippen LogP contribution is 2.34. The van der Waals surface area contributed by atoms with Gasteiger partial charge in [-0.15, -0.1) is 0 Å². The molecule has 0 aliphatic heterocycles. The van der Waals surface area contributed by atoms with Crippen LogP contribution in [0.1, 0.15) is 11.1 Å². The van der Waals surface area contributed by atoms with Crippen molar-refractivity contribution in [2.24, 2.45) is 0 Å². The number of sulfone groups is 1. The minimum absolute atomic E-state index is 0.0724. The molecule has 5 nitrogen and oxygen atoms in total. The van der Waals surface area contributed by atoms with Crippen molar-refractivity contribution in [1.82, 2.24) is 4.98 Å². The summed E-state index contributed by atoms with van der Waals surface area (Å²) in [5, 5.41) is 3.96. The molecule has 0 aliphatic rings. The number of anilines is 1. The van der Waals surface area contributed by atoms with E-state index in [4.69, 9.17) is 27.6 Å². The summed E-state index contributed by atoms with van der Waals surface area (Å²) in [5.74, 6) is 0.299. The highest BCUT2D eigenvalue weighted by Gasteiger charge is 2.28. The van der Waals surface area contributed by atoms with E-state index < -0.39 is 9.84 Å². The summed E-state index contributed by atoms with van der Waals surface area (Å²) in [6.45, 7) is 2.25. The van der Waals surface area contributed by atoms with Crippen LogP contribution in [0.25, 0.3) is 11.5 Å². The highest BCUT2D eigenvalue weighted by atomic mass is 35.5. The predicted molar refractivity (Wildman–Crippen MR) is 122 cm³/mol. The van der Waals surface area contributed by atoms with Crippen LogP contribution < -0.4 is 5.32 Å². The monoisotopic (exact) mass is 472 g/mol. The first-order valence-corrected chi connectivity index (χ1v) is 11.6. The lowest BCUT2D eigenvalue weighted by atomic mass is 10.1. The van der Waals surface area contributed by atoms with Gasteiger partial charge >= 0.3 is 0 Å². The van der Waals surface area contributed by atoms with Gasteiger partial charge in [0.15, 0.2) is 0 Å². The lowest BCUT2D eigenvalue weighted by Gasteiger charge is -2.06. The summed E-state index contributed by atoms with van der Waals surface area (Å²) < 4.78 is 32.6. The molecule has 0 saturated heterocycles. The van der Waals surface area contributed by atoms with Crippen molar-refractivity contribution < 1.29 is 12.8 Å². The van der Waals surface area contributed by atoms with Crippen molar-refractivity contribution >= 4 is 38.9 Å². The van der Waals surface area contributed by atoms with Gasteiger partial charge in [0.1, 0.15) is 0 Å². The van der Waals surface area contributed by atoms with E-state index in [1.165, 1.54) is 24.3 Å². The number of hydrogen-bond donors (Lipinski definition) is 1. The van der Waals surface area contributed by atoms with Crippen LogP contribution in [0.5, 0.6) is 0 Å². The maximum absolute atomic E-state index is 13.3. The average Bonchev–Trinajstić information content (AvgIpc) is 3.19. The van der Waals surface area contributed by atoms with Gasteiger partial charge in [-0.25, -0.2) is 8.42 Å². The third-order valence-corrected chi connectivity index (χ3v) is 6.90. The van der Waals surface area contributed by atoms with Crippen molar-refractivity contribution in [2.75, 3.05) is 5.32 Å². The summed E-state index contributed by atoms with van der Waals surface area (Å²) in [4.78, 5) is 4.45. The number of rotatable bonds is 6. The fourth-order valence-electron chi connectivity index (χ4n) is 3.04. The van der Waals surface area contributed by atoms with Gasteiger partial charge in [-0.3, -0.25) is 0 Å². The third-order valence-electron chi connectivity index (χ3n) is 4.72. The molecule has 0 fully saturated rings. The van der Waals surface area contributed by atoms with Gasteiger partial charge in [0.2, 0.25) is 26.6 Å². The molecule has 8 heteroatoms. The molecule has 0 spiro atoms. The second-order valence-corrected chi connectivity index (χ2v) is 9.64. The van der Waals surface area contributed by atoms with Crippen molar-refractivity contribution in [2.45, 2.75) is 23.4 Å². The van der Waals surface area contributed by atoms with Gasteiger partial charge < -0.3 is 9.73 Å². The number of halogens is 2. The number of aromatic nitrogens is 1. The third kappa shape index (κ3) is 4.61. The Morgan fingerprint density at radius 1 is 0.903 bits per heavy atom. The number of nitrogens with zero attached hydrogens (tertiary/aromatic N) is 1. The van der Waals surface area contributed by atoms with Crippen LogP contribution in [0.3, 0.4) is 0 Å². The second kappa shape index (κ2) is 8.75. The molecule has 1 heterocycles. The number of hydrogen-bond acceptors (Lipinski definition) is 5. The Bertz CT molecular complexity index is 1320. The van der Waals surface area contributed by atoms with Gasteiger partial charge in [0, 0.05) is 22.2 Å². The van der Waals surface area contributed by atoms with Gasteiger partial charge in [-0.05, 0) is 60.5 Å². The minimum Gasteiger partial charge on any atom is -0.419 e. The van der Waals surface area contributed by atoms with Crippen molar-refractivity contribution in [3.63, 3.8) is 0 Å². The van der Waals surface area contributed by atoms with Gasteiger partial charge in [-0.1, -0.05) is 53.5 Å².